The molecular formula is C8H17N3O2S. The highest BCUT2D eigenvalue weighted by atomic mass is 32.2. The van der Waals surface area contributed by atoms with Gasteiger partial charge in [-0.25, -0.2) is 5.84 Å². The Bertz CT molecular complexity index is 225. The van der Waals surface area contributed by atoms with E-state index >= 15 is 0 Å². The molecule has 1 aliphatic heterocycles. The molecule has 1 amide bonds. The summed E-state index contributed by atoms with van der Waals surface area (Å²) in [5.41, 5.74) is 2.14. The molecule has 0 radical (unpaired) electrons. The molecule has 0 bridgehead atoms. The summed E-state index contributed by atoms with van der Waals surface area (Å²) in [5, 5.41) is 0. The molecule has 1 saturated heterocycles. The van der Waals surface area contributed by atoms with Gasteiger partial charge in [-0.1, -0.05) is 6.92 Å². The molecule has 0 aromatic rings. The first kappa shape index (κ1) is 11.6. The second-order valence-electron chi connectivity index (χ2n) is 3.56. The van der Waals surface area contributed by atoms with Gasteiger partial charge in [0.2, 0.25) is 5.91 Å². The van der Waals surface area contributed by atoms with Crippen LogP contribution in [-0.2, 0) is 15.6 Å². The minimum atomic E-state index is -0.655. The maximum Gasteiger partial charge on any atom is 0.237 e. The Kier molecular flexibility index (Phi) is 4.50. The van der Waals surface area contributed by atoms with Gasteiger partial charge in [-0.05, 0) is 0 Å². The number of amides is 1. The summed E-state index contributed by atoms with van der Waals surface area (Å²) in [7, 11) is -0.655. The van der Waals surface area contributed by atoms with E-state index in [1.807, 2.05) is 6.92 Å². The molecule has 82 valence electrons. The Labute approximate surface area is 86.4 Å². The third-order valence-electron chi connectivity index (χ3n) is 2.39. The van der Waals surface area contributed by atoms with Gasteiger partial charge >= 0.3 is 0 Å². The lowest BCUT2D eigenvalue weighted by atomic mass is 10.1. The number of nitrogens with two attached hydrogens (primary N) is 1. The molecule has 0 aromatic carbocycles. The highest BCUT2D eigenvalue weighted by Gasteiger charge is 2.20. The molecule has 5 nitrogen and oxygen atoms in total. The van der Waals surface area contributed by atoms with Crippen molar-refractivity contribution in [2.24, 2.45) is 11.8 Å². The Morgan fingerprint density at radius 1 is 1.57 bits per heavy atom. The smallest absolute Gasteiger partial charge is 0.237 e. The van der Waals surface area contributed by atoms with Crippen LogP contribution in [0.3, 0.4) is 0 Å². The van der Waals surface area contributed by atoms with Gasteiger partial charge in [-0.2, -0.15) is 0 Å². The van der Waals surface area contributed by atoms with Gasteiger partial charge in [0.25, 0.3) is 0 Å². The second kappa shape index (κ2) is 5.43. The van der Waals surface area contributed by atoms with Crippen LogP contribution in [-0.4, -0.2) is 46.2 Å². The van der Waals surface area contributed by atoms with Crippen LogP contribution in [0.1, 0.15) is 6.92 Å². The molecule has 6 heteroatoms. The number of nitrogens with zero attached hydrogens (tertiary/aromatic N) is 1. The number of nitrogens with one attached hydrogen (secondary N) is 1. The van der Waals surface area contributed by atoms with Crippen molar-refractivity contribution in [3.8, 4) is 0 Å². The first-order chi connectivity index (χ1) is 6.63. The van der Waals surface area contributed by atoms with E-state index in [1.165, 1.54) is 0 Å². The van der Waals surface area contributed by atoms with Gasteiger partial charge in [0.15, 0.2) is 0 Å². The van der Waals surface area contributed by atoms with E-state index in [4.69, 9.17) is 5.84 Å². The number of hydrazine groups is 1. The predicted molar refractivity (Wildman–Crippen MR) is 55.8 cm³/mol. The molecule has 3 N–H and O–H groups in total. The highest BCUT2D eigenvalue weighted by molar-refractivity contribution is 7.85. The van der Waals surface area contributed by atoms with Crippen LogP contribution in [0.5, 0.6) is 0 Å². The van der Waals surface area contributed by atoms with Crippen molar-refractivity contribution in [3.05, 3.63) is 0 Å². The number of carbonyl (C=O) groups excluding carboxylic acids is 1. The zero-order valence-electron chi connectivity index (χ0n) is 8.36. The number of hydrogen-bond acceptors (Lipinski definition) is 4. The normalized spacial score (nSPS) is 21.9. The van der Waals surface area contributed by atoms with Crippen LogP contribution in [0.2, 0.25) is 0 Å². The first-order valence-corrected chi connectivity index (χ1v) is 6.20. The monoisotopic (exact) mass is 219 g/mol. The van der Waals surface area contributed by atoms with E-state index in [1.54, 1.807) is 0 Å². The molecule has 14 heavy (non-hydrogen) atoms. The molecule has 1 heterocycles. The van der Waals surface area contributed by atoms with Gasteiger partial charge in [-0.15, -0.1) is 0 Å². The number of hydrogen-bond donors (Lipinski definition) is 2. The molecule has 0 aliphatic carbocycles. The standard InChI is InChI=1S/C8H17N3O2S/c1-7(8(12)10-9)6-11-2-4-14(13)5-3-11/h7H,2-6,9H2,1H3,(H,10,12). The summed E-state index contributed by atoms with van der Waals surface area (Å²) < 4.78 is 11.1. The topological polar surface area (TPSA) is 75.4 Å². The molecule has 1 aliphatic rings. The summed E-state index contributed by atoms with van der Waals surface area (Å²) in [5.74, 6) is 6.22. The average molecular weight is 219 g/mol. The summed E-state index contributed by atoms with van der Waals surface area (Å²) in [6.45, 7) is 4.16. The van der Waals surface area contributed by atoms with Crippen LogP contribution in [0.15, 0.2) is 0 Å². The van der Waals surface area contributed by atoms with Crippen molar-refractivity contribution in [1.82, 2.24) is 10.3 Å². The largest absolute Gasteiger partial charge is 0.301 e. The molecule has 1 atom stereocenters. The molecule has 0 saturated carbocycles. The molecule has 1 rings (SSSR count). The van der Waals surface area contributed by atoms with Crippen molar-refractivity contribution >= 4 is 16.7 Å². The zero-order valence-corrected chi connectivity index (χ0v) is 9.18. The van der Waals surface area contributed by atoms with Crippen molar-refractivity contribution < 1.29 is 9.00 Å². The minimum Gasteiger partial charge on any atom is -0.301 e. The molecule has 0 spiro atoms. The number of carbonyl (C=O) groups is 1. The van der Waals surface area contributed by atoms with E-state index < -0.39 is 10.8 Å². The van der Waals surface area contributed by atoms with Crippen molar-refractivity contribution in [1.29, 1.82) is 0 Å². The van der Waals surface area contributed by atoms with E-state index in [-0.39, 0.29) is 11.8 Å². The SMILES string of the molecule is CC(CN1CCS(=O)CC1)C(=O)NN. The molecular weight excluding hydrogens is 202 g/mol. The van der Waals surface area contributed by atoms with E-state index in [2.05, 4.69) is 10.3 Å². The van der Waals surface area contributed by atoms with Crippen molar-refractivity contribution in [2.75, 3.05) is 31.1 Å². The quantitative estimate of drug-likeness (QED) is 0.350. The fourth-order valence-electron chi connectivity index (χ4n) is 1.47. The highest BCUT2D eigenvalue weighted by Crippen LogP contribution is 2.04. The fourth-order valence-corrected chi connectivity index (χ4v) is 2.60. The third-order valence-corrected chi connectivity index (χ3v) is 3.67. The average Bonchev–Trinajstić information content (AvgIpc) is 2.20. The van der Waals surface area contributed by atoms with Crippen molar-refractivity contribution in [3.63, 3.8) is 0 Å². The van der Waals surface area contributed by atoms with E-state index in [0.717, 1.165) is 24.6 Å². The summed E-state index contributed by atoms with van der Waals surface area (Å²) in [6, 6.07) is 0. The maximum absolute atomic E-state index is 11.1. The molecule has 1 unspecified atom stereocenters. The Morgan fingerprint density at radius 2 is 2.14 bits per heavy atom. The minimum absolute atomic E-state index is 0.105. The van der Waals surface area contributed by atoms with E-state index in [9.17, 15) is 9.00 Å². The van der Waals surface area contributed by atoms with E-state index in [0.29, 0.717) is 6.54 Å². The predicted octanol–water partition coefficient (Wildman–Crippen LogP) is -1.32. The molecule has 1 fully saturated rings. The first-order valence-electron chi connectivity index (χ1n) is 4.71. The maximum atomic E-state index is 11.1. The summed E-state index contributed by atoms with van der Waals surface area (Å²) in [6.07, 6.45) is 0. The third kappa shape index (κ3) is 3.36. The Hall–Kier alpha value is -0.460. The molecule has 0 aromatic heterocycles. The lowest BCUT2D eigenvalue weighted by molar-refractivity contribution is -0.125. The summed E-state index contributed by atoms with van der Waals surface area (Å²) in [4.78, 5) is 13.3. The van der Waals surface area contributed by atoms with Crippen molar-refractivity contribution in [2.45, 2.75) is 6.92 Å². The number of rotatable bonds is 3. The van der Waals surface area contributed by atoms with Gasteiger partial charge < -0.3 is 4.90 Å². The van der Waals surface area contributed by atoms with Gasteiger partial charge in [0, 0.05) is 47.9 Å². The zero-order chi connectivity index (χ0) is 10.6. The lowest BCUT2D eigenvalue weighted by Crippen LogP contribution is -2.44. The fraction of sp³-hybridized carbons (Fsp3) is 0.875. The van der Waals surface area contributed by atoms with Gasteiger partial charge in [0.05, 0.1) is 0 Å². The van der Waals surface area contributed by atoms with Gasteiger partial charge in [0.1, 0.15) is 0 Å². The van der Waals surface area contributed by atoms with Gasteiger partial charge in [-0.3, -0.25) is 14.4 Å². The van der Waals surface area contributed by atoms with Crippen LogP contribution in [0.4, 0.5) is 0 Å². The second-order valence-corrected chi connectivity index (χ2v) is 5.25. The van der Waals surface area contributed by atoms with Crippen LogP contribution >= 0.6 is 0 Å². The van der Waals surface area contributed by atoms with Crippen LogP contribution in [0, 0.1) is 5.92 Å². The Balaban J connectivity index is 2.30. The lowest BCUT2D eigenvalue weighted by Gasteiger charge is -2.27. The summed E-state index contributed by atoms with van der Waals surface area (Å²) >= 11 is 0. The Morgan fingerprint density at radius 3 is 2.64 bits per heavy atom. The van der Waals surface area contributed by atoms with Crippen LogP contribution < -0.4 is 11.3 Å². The van der Waals surface area contributed by atoms with Crippen LogP contribution in [0.25, 0.3) is 0 Å².